The molecule has 142 valence electrons. The molecule has 1 aromatic carbocycles. The average Bonchev–Trinajstić information content (AvgIpc) is 3.07. The molecule has 1 aliphatic heterocycles. The lowest BCUT2D eigenvalue weighted by Gasteiger charge is -2.31. The number of aryl methyl sites for hydroxylation is 1. The SMILES string of the molecule is Cc1nc2scc(-c3ccc(C(C)C)cc3)c2c(=O)n1C1CCN(C)CC1. The summed E-state index contributed by atoms with van der Waals surface area (Å²) < 4.78 is 1.95. The van der Waals surface area contributed by atoms with E-state index in [9.17, 15) is 4.79 Å². The molecule has 4 rings (SSSR count). The smallest absolute Gasteiger partial charge is 0.263 e. The zero-order valence-electron chi connectivity index (χ0n) is 16.5. The molecule has 0 unspecified atom stereocenters. The van der Waals surface area contributed by atoms with Crippen molar-refractivity contribution in [3.05, 3.63) is 51.4 Å². The molecule has 27 heavy (non-hydrogen) atoms. The molecule has 1 fully saturated rings. The van der Waals surface area contributed by atoms with Crippen LogP contribution in [0.1, 0.15) is 50.0 Å². The Morgan fingerprint density at radius 1 is 1.15 bits per heavy atom. The van der Waals surface area contributed by atoms with E-state index in [2.05, 4.69) is 55.4 Å². The molecule has 0 N–H and O–H groups in total. The van der Waals surface area contributed by atoms with Gasteiger partial charge in [-0.05, 0) is 56.9 Å². The van der Waals surface area contributed by atoms with E-state index in [0.29, 0.717) is 5.92 Å². The van der Waals surface area contributed by atoms with Crippen molar-refractivity contribution in [2.24, 2.45) is 0 Å². The molecule has 1 saturated heterocycles. The number of benzene rings is 1. The monoisotopic (exact) mass is 381 g/mol. The molecule has 5 heteroatoms. The summed E-state index contributed by atoms with van der Waals surface area (Å²) in [6, 6.07) is 8.86. The first-order chi connectivity index (χ1) is 13.0. The molecule has 3 heterocycles. The van der Waals surface area contributed by atoms with Gasteiger partial charge in [0.25, 0.3) is 5.56 Å². The third-order valence-corrected chi connectivity index (χ3v) is 6.63. The summed E-state index contributed by atoms with van der Waals surface area (Å²) in [6.45, 7) is 8.42. The Hall–Kier alpha value is -1.98. The highest BCUT2D eigenvalue weighted by Crippen LogP contribution is 2.33. The van der Waals surface area contributed by atoms with E-state index in [1.807, 2.05) is 11.5 Å². The van der Waals surface area contributed by atoms with Crippen molar-refractivity contribution in [3.63, 3.8) is 0 Å². The van der Waals surface area contributed by atoms with E-state index in [0.717, 1.165) is 53.1 Å². The van der Waals surface area contributed by atoms with Crippen molar-refractivity contribution in [1.29, 1.82) is 0 Å². The number of piperidine rings is 1. The van der Waals surface area contributed by atoms with Crippen LogP contribution in [0.3, 0.4) is 0 Å². The van der Waals surface area contributed by atoms with Crippen LogP contribution in [0.4, 0.5) is 0 Å². The number of hydrogen-bond acceptors (Lipinski definition) is 4. The molecule has 0 radical (unpaired) electrons. The molecule has 2 aromatic heterocycles. The molecule has 0 atom stereocenters. The van der Waals surface area contributed by atoms with Crippen molar-refractivity contribution in [3.8, 4) is 11.1 Å². The number of aromatic nitrogens is 2. The summed E-state index contributed by atoms with van der Waals surface area (Å²) in [4.78, 5) is 21.4. The van der Waals surface area contributed by atoms with Gasteiger partial charge in [0.2, 0.25) is 0 Å². The van der Waals surface area contributed by atoms with Crippen LogP contribution in [-0.4, -0.2) is 34.6 Å². The average molecular weight is 382 g/mol. The molecule has 0 aliphatic carbocycles. The van der Waals surface area contributed by atoms with Gasteiger partial charge in [-0.2, -0.15) is 0 Å². The standard InChI is InChI=1S/C22H27N3OS/c1-14(2)16-5-7-17(8-6-16)19-13-27-21-20(19)22(26)25(15(3)23-21)18-9-11-24(4)12-10-18/h5-8,13-14,18H,9-12H2,1-4H3. The highest BCUT2D eigenvalue weighted by molar-refractivity contribution is 7.17. The van der Waals surface area contributed by atoms with Gasteiger partial charge in [-0.25, -0.2) is 4.98 Å². The first-order valence-electron chi connectivity index (χ1n) is 9.75. The fraction of sp³-hybridized carbons (Fsp3) is 0.455. The Bertz CT molecular complexity index is 1010. The molecular formula is C22H27N3OS. The van der Waals surface area contributed by atoms with Crippen LogP contribution >= 0.6 is 11.3 Å². The second-order valence-electron chi connectivity index (χ2n) is 7.97. The lowest BCUT2D eigenvalue weighted by Crippen LogP contribution is -2.36. The van der Waals surface area contributed by atoms with Crippen molar-refractivity contribution < 1.29 is 0 Å². The van der Waals surface area contributed by atoms with Gasteiger partial charge in [-0.1, -0.05) is 38.1 Å². The molecule has 4 nitrogen and oxygen atoms in total. The minimum Gasteiger partial charge on any atom is -0.306 e. The van der Waals surface area contributed by atoms with Crippen molar-refractivity contribution in [2.75, 3.05) is 20.1 Å². The highest BCUT2D eigenvalue weighted by Gasteiger charge is 2.23. The molecule has 3 aromatic rings. The van der Waals surface area contributed by atoms with Crippen LogP contribution in [0.5, 0.6) is 0 Å². The zero-order chi connectivity index (χ0) is 19.1. The number of nitrogens with zero attached hydrogens (tertiary/aromatic N) is 3. The second-order valence-corrected chi connectivity index (χ2v) is 8.83. The van der Waals surface area contributed by atoms with Gasteiger partial charge < -0.3 is 4.90 Å². The van der Waals surface area contributed by atoms with E-state index in [-0.39, 0.29) is 11.6 Å². The van der Waals surface area contributed by atoms with E-state index < -0.39 is 0 Å². The number of thiophene rings is 1. The Morgan fingerprint density at radius 2 is 1.81 bits per heavy atom. The third-order valence-electron chi connectivity index (χ3n) is 5.76. The lowest BCUT2D eigenvalue weighted by atomic mass is 9.99. The van der Waals surface area contributed by atoms with Gasteiger partial charge >= 0.3 is 0 Å². The van der Waals surface area contributed by atoms with Crippen LogP contribution in [0.15, 0.2) is 34.4 Å². The van der Waals surface area contributed by atoms with Crippen LogP contribution in [0.2, 0.25) is 0 Å². The number of rotatable bonds is 3. The largest absolute Gasteiger partial charge is 0.306 e. The Labute approximate surface area is 164 Å². The Balaban J connectivity index is 1.82. The summed E-state index contributed by atoms with van der Waals surface area (Å²) in [7, 11) is 2.14. The summed E-state index contributed by atoms with van der Waals surface area (Å²) in [5.41, 5.74) is 3.56. The maximum Gasteiger partial charge on any atom is 0.263 e. The Kier molecular flexibility index (Phi) is 4.91. The third kappa shape index (κ3) is 3.34. The van der Waals surface area contributed by atoms with Crippen molar-refractivity contribution in [2.45, 2.75) is 45.6 Å². The van der Waals surface area contributed by atoms with Gasteiger partial charge in [0.1, 0.15) is 10.7 Å². The Morgan fingerprint density at radius 3 is 2.44 bits per heavy atom. The molecular weight excluding hydrogens is 354 g/mol. The fourth-order valence-corrected chi connectivity index (χ4v) is 5.03. The molecule has 0 amide bonds. The normalized spacial score (nSPS) is 16.5. The van der Waals surface area contributed by atoms with Crippen LogP contribution < -0.4 is 5.56 Å². The lowest BCUT2D eigenvalue weighted by molar-refractivity contribution is 0.216. The predicted octanol–water partition coefficient (Wildman–Crippen LogP) is 4.82. The van der Waals surface area contributed by atoms with E-state index in [4.69, 9.17) is 4.98 Å². The second kappa shape index (κ2) is 7.21. The van der Waals surface area contributed by atoms with Crippen molar-refractivity contribution in [1.82, 2.24) is 14.5 Å². The first kappa shape index (κ1) is 18.4. The van der Waals surface area contributed by atoms with E-state index in [1.165, 1.54) is 5.56 Å². The van der Waals surface area contributed by atoms with E-state index in [1.54, 1.807) is 11.3 Å². The minimum absolute atomic E-state index is 0.122. The minimum atomic E-state index is 0.122. The van der Waals surface area contributed by atoms with Gasteiger partial charge in [0, 0.05) is 17.0 Å². The number of likely N-dealkylation sites (tertiary alicyclic amines) is 1. The van der Waals surface area contributed by atoms with Gasteiger partial charge in [0.05, 0.1) is 5.39 Å². The van der Waals surface area contributed by atoms with Crippen molar-refractivity contribution >= 4 is 21.6 Å². The molecule has 1 aliphatic rings. The predicted molar refractivity (Wildman–Crippen MR) is 114 cm³/mol. The topological polar surface area (TPSA) is 38.1 Å². The maximum absolute atomic E-state index is 13.5. The molecule has 0 spiro atoms. The summed E-state index contributed by atoms with van der Waals surface area (Å²) in [5, 5.41) is 2.86. The maximum atomic E-state index is 13.5. The summed E-state index contributed by atoms with van der Waals surface area (Å²) in [5.74, 6) is 1.34. The highest BCUT2D eigenvalue weighted by atomic mass is 32.1. The van der Waals surface area contributed by atoms with Gasteiger partial charge in [-0.3, -0.25) is 9.36 Å². The number of fused-ring (bicyclic) bond motifs is 1. The quantitative estimate of drug-likeness (QED) is 0.653. The first-order valence-corrected chi connectivity index (χ1v) is 10.6. The van der Waals surface area contributed by atoms with Crippen LogP contribution in [-0.2, 0) is 0 Å². The van der Waals surface area contributed by atoms with Gasteiger partial charge in [0.15, 0.2) is 0 Å². The zero-order valence-corrected chi connectivity index (χ0v) is 17.3. The summed E-state index contributed by atoms with van der Waals surface area (Å²) >= 11 is 1.57. The van der Waals surface area contributed by atoms with Crippen LogP contribution in [0.25, 0.3) is 21.3 Å². The molecule has 0 bridgehead atoms. The van der Waals surface area contributed by atoms with Gasteiger partial charge in [-0.15, -0.1) is 11.3 Å². The van der Waals surface area contributed by atoms with E-state index >= 15 is 0 Å². The van der Waals surface area contributed by atoms with Crippen LogP contribution in [0, 0.1) is 6.92 Å². The fourth-order valence-electron chi connectivity index (χ4n) is 4.05. The summed E-state index contributed by atoms with van der Waals surface area (Å²) in [6.07, 6.45) is 2.01. The number of hydrogen-bond donors (Lipinski definition) is 0. The molecule has 0 saturated carbocycles.